The summed E-state index contributed by atoms with van der Waals surface area (Å²) in [5.41, 5.74) is 4.54. The first-order chi connectivity index (χ1) is 15.6. The molecule has 0 unspecified atom stereocenters. The third kappa shape index (κ3) is 3.95. The van der Waals surface area contributed by atoms with Gasteiger partial charge in [0.2, 0.25) is 5.78 Å². The fourth-order valence-electron chi connectivity index (χ4n) is 4.09. The molecule has 2 aliphatic rings. The maximum absolute atomic E-state index is 13.0. The SMILES string of the molecule is Cc1c2c(cc3c1O/C(=C\C=C\c1ccccc1)C3=O)CN(Cc1ccccc1Cl)CO2. The van der Waals surface area contributed by atoms with Crippen LogP contribution in [0.4, 0.5) is 0 Å². The highest BCUT2D eigenvalue weighted by molar-refractivity contribution is 6.31. The quantitative estimate of drug-likeness (QED) is 0.452. The summed E-state index contributed by atoms with van der Waals surface area (Å²) in [4.78, 5) is 15.2. The van der Waals surface area contributed by atoms with E-state index in [2.05, 4.69) is 4.90 Å². The molecular weight excluding hydrogens is 422 g/mol. The molecule has 0 aliphatic carbocycles. The number of halogens is 1. The highest BCUT2D eigenvalue weighted by Gasteiger charge is 2.33. The summed E-state index contributed by atoms with van der Waals surface area (Å²) in [6.45, 7) is 3.75. The number of allylic oxidation sites excluding steroid dienone is 3. The molecule has 2 aliphatic heterocycles. The smallest absolute Gasteiger partial charge is 0.231 e. The van der Waals surface area contributed by atoms with Crippen LogP contribution in [-0.2, 0) is 13.1 Å². The monoisotopic (exact) mass is 443 g/mol. The fraction of sp³-hybridized carbons (Fsp3) is 0.148. The molecule has 5 heteroatoms. The second-order valence-electron chi connectivity index (χ2n) is 7.95. The molecule has 0 spiro atoms. The number of carbonyl (C=O) groups is 1. The summed E-state index contributed by atoms with van der Waals surface area (Å²) in [7, 11) is 0. The molecule has 0 radical (unpaired) electrons. The van der Waals surface area contributed by atoms with E-state index < -0.39 is 0 Å². The van der Waals surface area contributed by atoms with Gasteiger partial charge in [-0.1, -0.05) is 72.3 Å². The van der Waals surface area contributed by atoms with Crippen molar-refractivity contribution in [2.45, 2.75) is 20.0 Å². The molecule has 2 heterocycles. The van der Waals surface area contributed by atoms with Crippen LogP contribution in [0, 0.1) is 6.92 Å². The molecule has 0 bridgehead atoms. The van der Waals surface area contributed by atoms with Gasteiger partial charge >= 0.3 is 0 Å². The van der Waals surface area contributed by atoms with Crippen molar-refractivity contribution in [3.8, 4) is 11.5 Å². The van der Waals surface area contributed by atoms with Crippen molar-refractivity contribution < 1.29 is 14.3 Å². The van der Waals surface area contributed by atoms with Crippen molar-refractivity contribution in [3.63, 3.8) is 0 Å². The Hall–Kier alpha value is -3.34. The molecule has 5 rings (SSSR count). The minimum Gasteiger partial charge on any atom is -0.477 e. The van der Waals surface area contributed by atoms with Gasteiger partial charge in [0.05, 0.1) is 5.56 Å². The van der Waals surface area contributed by atoms with Gasteiger partial charge in [-0.25, -0.2) is 0 Å². The highest BCUT2D eigenvalue weighted by atomic mass is 35.5. The summed E-state index contributed by atoms with van der Waals surface area (Å²) in [5, 5.41) is 0.741. The van der Waals surface area contributed by atoms with Crippen LogP contribution in [0.1, 0.15) is 32.6 Å². The van der Waals surface area contributed by atoms with Crippen molar-refractivity contribution in [1.29, 1.82) is 0 Å². The molecule has 3 aromatic carbocycles. The lowest BCUT2D eigenvalue weighted by molar-refractivity contribution is 0.0877. The number of benzene rings is 3. The Morgan fingerprint density at radius 2 is 1.84 bits per heavy atom. The van der Waals surface area contributed by atoms with Crippen molar-refractivity contribution in [2.75, 3.05) is 6.73 Å². The van der Waals surface area contributed by atoms with E-state index in [1.165, 1.54) is 0 Å². The summed E-state index contributed by atoms with van der Waals surface area (Å²) >= 11 is 6.32. The van der Waals surface area contributed by atoms with Gasteiger partial charge in [0.25, 0.3) is 0 Å². The zero-order valence-electron chi connectivity index (χ0n) is 17.7. The average Bonchev–Trinajstić information content (AvgIpc) is 3.12. The van der Waals surface area contributed by atoms with Crippen LogP contribution in [-0.4, -0.2) is 17.4 Å². The Labute approximate surface area is 192 Å². The van der Waals surface area contributed by atoms with Gasteiger partial charge < -0.3 is 9.47 Å². The Kier molecular flexibility index (Phi) is 5.56. The minimum absolute atomic E-state index is 0.105. The van der Waals surface area contributed by atoms with Crippen LogP contribution in [0.2, 0.25) is 5.02 Å². The van der Waals surface area contributed by atoms with E-state index >= 15 is 0 Å². The predicted molar refractivity (Wildman–Crippen MR) is 126 cm³/mol. The van der Waals surface area contributed by atoms with Crippen molar-refractivity contribution in [3.05, 3.63) is 111 Å². The summed E-state index contributed by atoms with van der Waals surface area (Å²) in [6.07, 6.45) is 5.50. The summed E-state index contributed by atoms with van der Waals surface area (Å²) in [5.74, 6) is 1.61. The molecule has 3 aromatic rings. The summed E-state index contributed by atoms with van der Waals surface area (Å²) in [6, 6.07) is 19.6. The Bertz CT molecular complexity index is 1250. The van der Waals surface area contributed by atoms with Gasteiger partial charge in [0.1, 0.15) is 18.2 Å². The molecule has 4 nitrogen and oxygen atoms in total. The van der Waals surface area contributed by atoms with Gasteiger partial charge in [-0.3, -0.25) is 9.69 Å². The van der Waals surface area contributed by atoms with E-state index in [1.54, 1.807) is 6.08 Å². The lowest BCUT2D eigenvalue weighted by atomic mass is 10.00. The zero-order valence-corrected chi connectivity index (χ0v) is 18.4. The normalized spacial score (nSPS) is 16.7. The molecular formula is C27H22ClNO3. The van der Waals surface area contributed by atoms with Crippen LogP contribution in [0.3, 0.4) is 0 Å². The van der Waals surface area contributed by atoms with E-state index in [0.29, 0.717) is 36.9 Å². The van der Waals surface area contributed by atoms with Gasteiger partial charge in [-0.15, -0.1) is 0 Å². The standard InChI is InChI=1S/C27H22ClNO3/c1-18-26-21(16-29(17-31-26)15-20-11-5-6-12-23(20)28)14-22-25(30)24(32-27(18)22)13-7-10-19-8-3-2-4-9-19/h2-14H,15-17H2,1H3/b10-7+,24-13-. The molecule has 0 saturated heterocycles. The molecule has 0 atom stereocenters. The maximum atomic E-state index is 13.0. The predicted octanol–water partition coefficient (Wildman–Crippen LogP) is 6.17. The van der Waals surface area contributed by atoms with Crippen molar-refractivity contribution >= 4 is 23.5 Å². The minimum atomic E-state index is -0.105. The molecule has 0 fully saturated rings. The van der Waals surface area contributed by atoms with Crippen LogP contribution < -0.4 is 9.47 Å². The number of hydrogen-bond acceptors (Lipinski definition) is 4. The van der Waals surface area contributed by atoms with Gasteiger partial charge in [-0.05, 0) is 36.3 Å². The van der Waals surface area contributed by atoms with E-state index in [9.17, 15) is 4.79 Å². The second-order valence-corrected chi connectivity index (χ2v) is 8.36. The van der Waals surface area contributed by atoms with Gasteiger partial charge in [0.15, 0.2) is 5.76 Å². The number of hydrogen-bond donors (Lipinski definition) is 0. The van der Waals surface area contributed by atoms with Crippen LogP contribution >= 0.6 is 11.6 Å². The van der Waals surface area contributed by atoms with Crippen molar-refractivity contribution in [1.82, 2.24) is 4.90 Å². The molecule has 160 valence electrons. The molecule has 0 saturated carbocycles. The molecule has 0 N–H and O–H groups in total. The lowest BCUT2D eigenvalue weighted by Crippen LogP contribution is -2.32. The molecule has 0 amide bonds. The number of ketones is 1. The number of Topliss-reactive ketones (excluding diaryl/α,β-unsaturated/α-hetero) is 1. The number of carbonyl (C=O) groups excluding carboxylic acids is 1. The van der Waals surface area contributed by atoms with E-state index in [1.807, 2.05) is 79.7 Å². The highest BCUT2D eigenvalue weighted by Crippen LogP contribution is 2.43. The summed E-state index contributed by atoms with van der Waals surface area (Å²) < 4.78 is 12.0. The molecule has 0 aromatic heterocycles. The van der Waals surface area contributed by atoms with E-state index in [4.69, 9.17) is 21.1 Å². The first-order valence-electron chi connectivity index (χ1n) is 10.5. The lowest BCUT2D eigenvalue weighted by Gasteiger charge is -2.30. The average molecular weight is 444 g/mol. The van der Waals surface area contributed by atoms with Crippen LogP contribution in [0.15, 0.2) is 78.6 Å². The third-order valence-electron chi connectivity index (χ3n) is 5.69. The van der Waals surface area contributed by atoms with E-state index in [0.717, 1.165) is 33.0 Å². The maximum Gasteiger partial charge on any atom is 0.231 e. The third-order valence-corrected chi connectivity index (χ3v) is 6.06. The Morgan fingerprint density at radius 3 is 2.66 bits per heavy atom. The van der Waals surface area contributed by atoms with Gasteiger partial charge in [-0.2, -0.15) is 0 Å². The van der Waals surface area contributed by atoms with Crippen LogP contribution in [0.5, 0.6) is 11.5 Å². The number of rotatable bonds is 4. The largest absolute Gasteiger partial charge is 0.477 e. The van der Waals surface area contributed by atoms with Crippen LogP contribution in [0.25, 0.3) is 6.08 Å². The topological polar surface area (TPSA) is 38.8 Å². The Balaban J connectivity index is 1.37. The molecule has 32 heavy (non-hydrogen) atoms. The number of nitrogens with zero attached hydrogens (tertiary/aromatic N) is 1. The first-order valence-corrected chi connectivity index (χ1v) is 10.9. The van der Waals surface area contributed by atoms with Gasteiger partial charge in [0, 0.05) is 29.2 Å². The Morgan fingerprint density at radius 1 is 1.06 bits per heavy atom. The number of fused-ring (bicyclic) bond motifs is 2. The van der Waals surface area contributed by atoms with Crippen molar-refractivity contribution in [2.24, 2.45) is 0 Å². The van der Waals surface area contributed by atoms with E-state index in [-0.39, 0.29) is 5.78 Å². The first kappa shape index (κ1) is 20.6. The number of ether oxygens (including phenoxy) is 2. The zero-order chi connectivity index (χ0) is 22.1. The fourth-order valence-corrected chi connectivity index (χ4v) is 4.29. The second kappa shape index (κ2) is 8.65.